The molecule has 0 aliphatic heterocycles. The van der Waals surface area contributed by atoms with Crippen molar-refractivity contribution in [3.63, 3.8) is 0 Å². The molecule has 0 fully saturated rings. The fraction of sp³-hybridized carbons (Fsp3) is 0.105. The van der Waals surface area contributed by atoms with Crippen molar-refractivity contribution in [3.05, 3.63) is 77.9 Å². The molecule has 136 valence electrons. The van der Waals surface area contributed by atoms with Gasteiger partial charge in [-0.15, -0.1) is 0 Å². The largest absolute Gasteiger partial charge is 0.465 e. The number of carbonyl (C=O) groups is 2. The van der Waals surface area contributed by atoms with Crippen molar-refractivity contribution in [1.29, 1.82) is 0 Å². The van der Waals surface area contributed by atoms with E-state index in [1.165, 1.54) is 19.5 Å². The predicted molar refractivity (Wildman–Crippen MR) is 98.5 cm³/mol. The number of amides is 1. The highest BCUT2D eigenvalue weighted by molar-refractivity contribution is 5.93. The van der Waals surface area contributed by atoms with Gasteiger partial charge in [0.15, 0.2) is 0 Å². The van der Waals surface area contributed by atoms with Crippen LogP contribution >= 0.6 is 0 Å². The van der Waals surface area contributed by atoms with Crippen LogP contribution in [0.15, 0.2) is 61.2 Å². The van der Waals surface area contributed by atoms with Crippen LogP contribution in [-0.2, 0) is 11.3 Å². The number of nitrogens with one attached hydrogen (secondary N) is 2. The number of esters is 1. The van der Waals surface area contributed by atoms with Gasteiger partial charge >= 0.3 is 5.97 Å². The van der Waals surface area contributed by atoms with Crippen molar-refractivity contribution in [2.24, 2.45) is 0 Å². The Bertz CT molecular complexity index is 930. The second kappa shape index (κ2) is 8.52. The number of hydrogen-bond acceptors (Lipinski definition) is 7. The molecule has 2 aromatic heterocycles. The van der Waals surface area contributed by atoms with Crippen molar-refractivity contribution in [1.82, 2.24) is 20.3 Å². The first-order valence-corrected chi connectivity index (χ1v) is 8.10. The molecule has 1 aromatic carbocycles. The van der Waals surface area contributed by atoms with Gasteiger partial charge in [-0.1, -0.05) is 12.1 Å². The zero-order chi connectivity index (χ0) is 19.1. The summed E-state index contributed by atoms with van der Waals surface area (Å²) in [6, 6.07) is 10.4. The summed E-state index contributed by atoms with van der Waals surface area (Å²) in [7, 11) is 1.32. The maximum atomic E-state index is 12.2. The lowest BCUT2D eigenvalue weighted by molar-refractivity contribution is 0.0600. The highest BCUT2D eigenvalue weighted by Gasteiger charge is 2.09. The van der Waals surface area contributed by atoms with Crippen LogP contribution in [0.2, 0.25) is 0 Å². The molecule has 3 rings (SSSR count). The smallest absolute Gasteiger partial charge is 0.337 e. The van der Waals surface area contributed by atoms with Gasteiger partial charge in [-0.3, -0.25) is 9.78 Å². The lowest BCUT2D eigenvalue weighted by Gasteiger charge is -2.07. The minimum atomic E-state index is -0.430. The van der Waals surface area contributed by atoms with Crippen molar-refractivity contribution < 1.29 is 14.3 Å². The third-order valence-electron chi connectivity index (χ3n) is 3.63. The molecule has 1 amide bonds. The van der Waals surface area contributed by atoms with Gasteiger partial charge in [0, 0.05) is 37.0 Å². The highest BCUT2D eigenvalue weighted by Crippen LogP contribution is 2.15. The van der Waals surface area contributed by atoms with Gasteiger partial charge in [-0.25, -0.2) is 14.8 Å². The first kappa shape index (κ1) is 18.0. The van der Waals surface area contributed by atoms with Gasteiger partial charge in [0.05, 0.1) is 18.2 Å². The Morgan fingerprint density at radius 3 is 2.56 bits per heavy atom. The summed E-state index contributed by atoms with van der Waals surface area (Å²) in [6.07, 6.45) is 6.22. The monoisotopic (exact) mass is 363 g/mol. The molecule has 0 unspecified atom stereocenters. The molecule has 0 spiro atoms. The van der Waals surface area contributed by atoms with Crippen LogP contribution in [0.3, 0.4) is 0 Å². The van der Waals surface area contributed by atoms with E-state index in [4.69, 9.17) is 4.74 Å². The van der Waals surface area contributed by atoms with Crippen LogP contribution < -0.4 is 10.6 Å². The fourth-order valence-electron chi connectivity index (χ4n) is 2.27. The maximum absolute atomic E-state index is 12.2. The first-order valence-electron chi connectivity index (χ1n) is 8.10. The number of ether oxygens (including phenoxy) is 1. The lowest BCUT2D eigenvalue weighted by atomic mass is 10.2. The fourth-order valence-corrected chi connectivity index (χ4v) is 2.27. The van der Waals surface area contributed by atoms with E-state index >= 15 is 0 Å². The van der Waals surface area contributed by atoms with E-state index in [0.717, 1.165) is 5.56 Å². The maximum Gasteiger partial charge on any atom is 0.337 e. The normalized spacial score (nSPS) is 10.1. The van der Waals surface area contributed by atoms with Crippen molar-refractivity contribution >= 4 is 23.5 Å². The Hall–Kier alpha value is -3.81. The predicted octanol–water partition coefficient (Wildman–Crippen LogP) is 2.33. The minimum Gasteiger partial charge on any atom is -0.465 e. The second-order valence-electron chi connectivity index (χ2n) is 5.54. The van der Waals surface area contributed by atoms with Crippen molar-refractivity contribution in [3.8, 4) is 0 Å². The molecule has 8 nitrogen and oxygen atoms in total. The average molecular weight is 363 g/mol. The van der Waals surface area contributed by atoms with E-state index in [1.54, 1.807) is 42.7 Å². The van der Waals surface area contributed by atoms with E-state index in [-0.39, 0.29) is 5.91 Å². The Balaban J connectivity index is 1.61. The summed E-state index contributed by atoms with van der Waals surface area (Å²) < 4.78 is 4.69. The number of anilines is 2. The van der Waals surface area contributed by atoms with E-state index in [9.17, 15) is 9.59 Å². The van der Waals surface area contributed by atoms with Gasteiger partial charge in [-0.2, -0.15) is 0 Å². The van der Waals surface area contributed by atoms with Gasteiger partial charge < -0.3 is 15.4 Å². The van der Waals surface area contributed by atoms with Crippen LogP contribution in [-0.4, -0.2) is 33.9 Å². The molecule has 0 atom stereocenters. The third kappa shape index (κ3) is 4.85. The Morgan fingerprint density at radius 1 is 1.04 bits per heavy atom. The molecule has 27 heavy (non-hydrogen) atoms. The molecule has 0 bridgehead atoms. The number of carbonyl (C=O) groups excluding carboxylic acids is 2. The second-order valence-corrected chi connectivity index (χ2v) is 5.54. The molecular weight excluding hydrogens is 346 g/mol. The summed E-state index contributed by atoms with van der Waals surface area (Å²) >= 11 is 0. The molecular formula is C19H17N5O3. The molecule has 2 heterocycles. The standard InChI is InChI=1S/C19H17N5O3/c1-27-18(26)14-5-2-6-16(8-14)24-19-22-11-15(12-23-19)17(25)21-10-13-4-3-7-20-9-13/h2-9,11-12H,10H2,1H3,(H,21,25)(H,22,23,24). The number of methoxy groups -OCH3 is 1. The van der Waals surface area contributed by atoms with E-state index in [0.29, 0.717) is 29.3 Å². The molecule has 3 aromatic rings. The van der Waals surface area contributed by atoms with E-state index in [2.05, 4.69) is 25.6 Å². The lowest BCUT2D eigenvalue weighted by Crippen LogP contribution is -2.23. The molecule has 0 aliphatic carbocycles. The summed E-state index contributed by atoms with van der Waals surface area (Å²) in [5.74, 6) is -0.404. The molecule has 0 saturated heterocycles. The zero-order valence-corrected chi connectivity index (χ0v) is 14.5. The third-order valence-corrected chi connectivity index (χ3v) is 3.63. The summed E-state index contributed by atoms with van der Waals surface area (Å²) in [5, 5.41) is 5.76. The van der Waals surface area contributed by atoms with Gasteiger partial charge in [0.1, 0.15) is 0 Å². The zero-order valence-electron chi connectivity index (χ0n) is 14.5. The highest BCUT2D eigenvalue weighted by atomic mass is 16.5. The Kier molecular flexibility index (Phi) is 5.68. The van der Waals surface area contributed by atoms with Gasteiger partial charge in [0.25, 0.3) is 5.91 Å². The number of pyridine rings is 1. The molecule has 0 aliphatic rings. The number of aromatic nitrogens is 3. The molecule has 2 N–H and O–H groups in total. The Morgan fingerprint density at radius 2 is 1.85 bits per heavy atom. The van der Waals surface area contributed by atoms with Gasteiger partial charge in [0.2, 0.25) is 5.95 Å². The SMILES string of the molecule is COC(=O)c1cccc(Nc2ncc(C(=O)NCc3cccnc3)cn2)c1. The number of hydrogen-bond donors (Lipinski definition) is 2. The quantitative estimate of drug-likeness (QED) is 0.647. The summed E-state index contributed by atoms with van der Waals surface area (Å²) in [5.41, 5.74) is 2.28. The molecule has 0 radical (unpaired) electrons. The van der Waals surface area contributed by atoms with Crippen molar-refractivity contribution in [2.75, 3.05) is 12.4 Å². The molecule has 0 saturated carbocycles. The Labute approximate surface area is 155 Å². The first-order chi connectivity index (χ1) is 13.2. The van der Waals surface area contributed by atoms with Crippen molar-refractivity contribution in [2.45, 2.75) is 6.54 Å². The number of benzene rings is 1. The summed E-state index contributed by atoms with van der Waals surface area (Å²) in [6.45, 7) is 0.368. The van der Waals surface area contributed by atoms with Crippen LogP contribution in [0.4, 0.5) is 11.6 Å². The van der Waals surface area contributed by atoms with E-state index < -0.39 is 5.97 Å². The van der Waals surface area contributed by atoms with E-state index in [1.807, 2.05) is 6.07 Å². The van der Waals surface area contributed by atoms with Gasteiger partial charge in [-0.05, 0) is 29.8 Å². The van der Waals surface area contributed by atoms with Crippen LogP contribution in [0.1, 0.15) is 26.3 Å². The topological polar surface area (TPSA) is 106 Å². The number of nitrogens with zero attached hydrogens (tertiary/aromatic N) is 3. The number of rotatable bonds is 6. The van der Waals surface area contributed by atoms with Crippen LogP contribution in [0.5, 0.6) is 0 Å². The summed E-state index contributed by atoms with van der Waals surface area (Å²) in [4.78, 5) is 36.0. The average Bonchev–Trinajstić information content (AvgIpc) is 2.73. The van der Waals surface area contributed by atoms with Crippen LogP contribution in [0, 0.1) is 0 Å². The molecule has 8 heteroatoms. The van der Waals surface area contributed by atoms with Crippen LogP contribution in [0.25, 0.3) is 0 Å². The minimum absolute atomic E-state index is 0.280.